The first-order chi connectivity index (χ1) is 13.7. The van der Waals surface area contributed by atoms with Crippen LogP contribution in [0.1, 0.15) is 30.4 Å². The monoisotopic (exact) mass is 378 g/mol. The third-order valence-corrected chi connectivity index (χ3v) is 5.98. The molecule has 2 saturated heterocycles. The fraction of sp³-hybridized carbons (Fsp3) is 0.409. The maximum Gasteiger partial charge on any atom is 0.325 e. The van der Waals surface area contributed by atoms with E-state index < -0.39 is 5.54 Å². The molecule has 0 saturated carbocycles. The summed E-state index contributed by atoms with van der Waals surface area (Å²) in [7, 11) is 0. The number of nitrogens with zero attached hydrogens (tertiary/aromatic N) is 2. The normalized spacial score (nSPS) is 23.1. The van der Waals surface area contributed by atoms with Gasteiger partial charge in [0.15, 0.2) is 0 Å². The molecule has 0 radical (unpaired) electrons. The highest BCUT2D eigenvalue weighted by molar-refractivity contribution is 6.07. The summed E-state index contributed by atoms with van der Waals surface area (Å²) in [6.45, 7) is 2.04. The number of urea groups is 1. The maximum absolute atomic E-state index is 13.6. The summed E-state index contributed by atoms with van der Waals surface area (Å²) in [4.78, 5) is 31.8. The van der Waals surface area contributed by atoms with Crippen molar-refractivity contribution in [2.45, 2.75) is 37.8 Å². The van der Waals surface area contributed by atoms with Crippen LogP contribution in [-0.2, 0) is 17.8 Å². The van der Waals surface area contributed by atoms with Gasteiger partial charge in [0, 0.05) is 12.4 Å². The van der Waals surface area contributed by atoms with Crippen LogP contribution in [0.2, 0.25) is 0 Å². The Hall–Kier alpha value is -2.73. The number of aryl methyl sites for hydroxylation is 1. The van der Waals surface area contributed by atoms with E-state index in [0.717, 1.165) is 37.9 Å². The van der Waals surface area contributed by atoms with E-state index in [2.05, 4.69) is 27.8 Å². The molecule has 2 aliphatic rings. The molecule has 1 aromatic heterocycles. The molecule has 6 heteroatoms. The molecule has 2 N–H and O–H groups in total. The molecule has 4 rings (SSSR count). The summed E-state index contributed by atoms with van der Waals surface area (Å²) < 4.78 is 0. The number of amides is 3. The molecule has 1 aromatic carbocycles. The zero-order valence-corrected chi connectivity index (χ0v) is 15.9. The van der Waals surface area contributed by atoms with Crippen LogP contribution >= 0.6 is 0 Å². The van der Waals surface area contributed by atoms with Gasteiger partial charge in [-0.15, -0.1) is 0 Å². The van der Waals surface area contributed by atoms with Crippen LogP contribution in [0, 0.1) is 5.92 Å². The van der Waals surface area contributed by atoms with Crippen molar-refractivity contribution in [2.24, 2.45) is 5.92 Å². The van der Waals surface area contributed by atoms with E-state index in [4.69, 9.17) is 0 Å². The minimum absolute atomic E-state index is 0.0860. The van der Waals surface area contributed by atoms with Crippen molar-refractivity contribution in [3.8, 4) is 0 Å². The van der Waals surface area contributed by atoms with Crippen molar-refractivity contribution in [2.75, 3.05) is 13.1 Å². The molecule has 1 unspecified atom stereocenters. The minimum Gasteiger partial charge on any atom is -0.323 e. The van der Waals surface area contributed by atoms with Gasteiger partial charge in [0.05, 0.1) is 6.54 Å². The lowest BCUT2D eigenvalue weighted by atomic mass is 9.74. The SMILES string of the molecule is O=C1NC(CCc2ccccc2)(C2CCNCC2)C(=O)N1Cc1ccncc1. The Bertz CT molecular complexity index is 821. The van der Waals surface area contributed by atoms with Crippen molar-refractivity contribution in [1.82, 2.24) is 20.5 Å². The molecular weight excluding hydrogens is 352 g/mol. The summed E-state index contributed by atoms with van der Waals surface area (Å²) in [6, 6.07) is 13.6. The fourth-order valence-electron chi connectivity index (χ4n) is 4.41. The van der Waals surface area contributed by atoms with Crippen molar-refractivity contribution < 1.29 is 9.59 Å². The first kappa shape index (κ1) is 18.6. The molecule has 3 heterocycles. The number of hydrogen-bond donors (Lipinski definition) is 2. The molecule has 1 atom stereocenters. The van der Waals surface area contributed by atoms with Gasteiger partial charge in [0.1, 0.15) is 5.54 Å². The van der Waals surface area contributed by atoms with Gasteiger partial charge in [0.2, 0.25) is 0 Å². The van der Waals surface area contributed by atoms with Crippen LogP contribution in [0.4, 0.5) is 4.79 Å². The summed E-state index contributed by atoms with van der Waals surface area (Å²) in [5, 5.41) is 6.48. The number of rotatable bonds is 6. The molecule has 6 nitrogen and oxygen atoms in total. The molecular formula is C22H26N4O2. The zero-order chi connectivity index (χ0) is 19.4. The molecule has 2 aliphatic heterocycles. The Morgan fingerprint density at radius 1 is 1.00 bits per heavy atom. The maximum atomic E-state index is 13.6. The van der Waals surface area contributed by atoms with Crippen LogP contribution in [0.25, 0.3) is 0 Å². The van der Waals surface area contributed by atoms with Crippen molar-refractivity contribution in [3.63, 3.8) is 0 Å². The number of hydrogen-bond acceptors (Lipinski definition) is 4. The molecule has 0 spiro atoms. The Morgan fingerprint density at radius 3 is 2.43 bits per heavy atom. The highest BCUT2D eigenvalue weighted by Crippen LogP contribution is 2.36. The fourth-order valence-corrected chi connectivity index (χ4v) is 4.41. The smallest absolute Gasteiger partial charge is 0.323 e. The zero-order valence-electron chi connectivity index (χ0n) is 15.9. The molecule has 0 aliphatic carbocycles. The first-order valence-electron chi connectivity index (χ1n) is 9.97. The van der Waals surface area contributed by atoms with Gasteiger partial charge >= 0.3 is 6.03 Å². The van der Waals surface area contributed by atoms with Crippen LogP contribution in [0.15, 0.2) is 54.9 Å². The molecule has 28 heavy (non-hydrogen) atoms. The van der Waals surface area contributed by atoms with Crippen LogP contribution in [-0.4, -0.2) is 40.5 Å². The standard InChI is InChI=1S/C22H26N4O2/c27-20-22(19-9-14-24-15-10-19,11-6-17-4-2-1-3-5-17)25-21(28)26(20)16-18-7-12-23-13-8-18/h1-5,7-8,12-13,19,24H,6,9-11,14-16H2,(H,25,28). The first-order valence-corrected chi connectivity index (χ1v) is 9.97. The van der Waals surface area contributed by atoms with E-state index in [9.17, 15) is 9.59 Å². The lowest BCUT2D eigenvalue weighted by molar-refractivity contribution is -0.134. The van der Waals surface area contributed by atoms with E-state index in [1.54, 1.807) is 12.4 Å². The van der Waals surface area contributed by atoms with Gasteiger partial charge in [-0.25, -0.2) is 4.79 Å². The Morgan fingerprint density at radius 2 is 1.71 bits per heavy atom. The number of piperidine rings is 1. The second kappa shape index (κ2) is 8.10. The summed E-state index contributed by atoms with van der Waals surface area (Å²) in [5.74, 6) is 0.0634. The van der Waals surface area contributed by atoms with Gasteiger partial charge in [0.25, 0.3) is 5.91 Å². The number of imide groups is 1. The Labute approximate surface area is 165 Å². The largest absolute Gasteiger partial charge is 0.325 e. The van der Waals surface area contributed by atoms with Gasteiger partial charge in [-0.2, -0.15) is 0 Å². The number of benzene rings is 1. The van der Waals surface area contributed by atoms with Gasteiger partial charge in [-0.05, 0) is 68.0 Å². The van der Waals surface area contributed by atoms with Crippen LogP contribution in [0.3, 0.4) is 0 Å². The average Bonchev–Trinajstić information content (AvgIpc) is 2.99. The van der Waals surface area contributed by atoms with E-state index >= 15 is 0 Å². The summed E-state index contributed by atoms with van der Waals surface area (Å²) >= 11 is 0. The highest BCUT2D eigenvalue weighted by Gasteiger charge is 2.55. The average molecular weight is 378 g/mol. The number of nitrogens with one attached hydrogen (secondary N) is 2. The third-order valence-electron chi connectivity index (χ3n) is 5.98. The van der Waals surface area contributed by atoms with Gasteiger partial charge < -0.3 is 10.6 Å². The van der Waals surface area contributed by atoms with Gasteiger partial charge in [-0.3, -0.25) is 14.7 Å². The number of aromatic nitrogens is 1. The Balaban J connectivity index is 1.59. The molecule has 0 bridgehead atoms. The predicted octanol–water partition coefficient (Wildman–Crippen LogP) is 2.50. The predicted molar refractivity (Wildman–Crippen MR) is 106 cm³/mol. The van der Waals surface area contributed by atoms with E-state index in [0.29, 0.717) is 6.42 Å². The second-order valence-corrected chi connectivity index (χ2v) is 7.66. The van der Waals surface area contributed by atoms with E-state index in [1.165, 1.54) is 10.5 Å². The highest BCUT2D eigenvalue weighted by atomic mass is 16.2. The lowest BCUT2D eigenvalue weighted by Crippen LogP contribution is -2.56. The quantitative estimate of drug-likeness (QED) is 0.758. The molecule has 2 aromatic rings. The van der Waals surface area contributed by atoms with E-state index in [1.807, 2.05) is 30.3 Å². The molecule has 3 amide bonds. The Kier molecular flexibility index (Phi) is 5.39. The molecule has 146 valence electrons. The molecule has 2 fully saturated rings. The summed E-state index contributed by atoms with van der Waals surface area (Å²) in [5.41, 5.74) is 1.27. The van der Waals surface area contributed by atoms with Crippen molar-refractivity contribution in [3.05, 3.63) is 66.0 Å². The summed E-state index contributed by atoms with van der Waals surface area (Å²) in [6.07, 6.45) is 6.54. The van der Waals surface area contributed by atoms with E-state index in [-0.39, 0.29) is 24.4 Å². The number of pyridine rings is 1. The third kappa shape index (κ3) is 3.64. The minimum atomic E-state index is -0.817. The van der Waals surface area contributed by atoms with Crippen LogP contribution in [0.5, 0.6) is 0 Å². The van der Waals surface area contributed by atoms with Crippen molar-refractivity contribution in [1.29, 1.82) is 0 Å². The van der Waals surface area contributed by atoms with Gasteiger partial charge in [-0.1, -0.05) is 30.3 Å². The number of carbonyl (C=O) groups excluding carboxylic acids is 2. The topological polar surface area (TPSA) is 74.3 Å². The number of carbonyl (C=O) groups is 2. The lowest BCUT2D eigenvalue weighted by Gasteiger charge is -2.38. The van der Waals surface area contributed by atoms with Crippen molar-refractivity contribution >= 4 is 11.9 Å². The van der Waals surface area contributed by atoms with Crippen LogP contribution < -0.4 is 10.6 Å². The second-order valence-electron chi connectivity index (χ2n) is 7.66.